The van der Waals surface area contributed by atoms with Gasteiger partial charge in [0.25, 0.3) is 0 Å². The van der Waals surface area contributed by atoms with Gasteiger partial charge < -0.3 is 24.2 Å². The molecule has 0 aliphatic carbocycles. The highest BCUT2D eigenvalue weighted by Gasteiger charge is 2.28. The minimum Gasteiger partial charge on any atom is -0.618 e. The van der Waals surface area contributed by atoms with Crippen LogP contribution >= 0.6 is 0 Å². The lowest BCUT2D eigenvalue weighted by atomic mass is 10.2. The quantitative estimate of drug-likeness (QED) is 0.307. The third-order valence-electron chi connectivity index (χ3n) is 4.33. The fourth-order valence-electron chi connectivity index (χ4n) is 2.98. The Morgan fingerprint density at radius 1 is 1.03 bits per heavy atom. The van der Waals surface area contributed by atoms with Crippen molar-refractivity contribution in [2.24, 2.45) is 0 Å². The summed E-state index contributed by atoms with van der Waals surface area (Å²) in [5, 5.41) is 12.9. The van der Waals surface area contributed by atoms with Crippen molar-refractivity contribution < 1.29 is 33.3 Å². The van der Waals surface area contributed by atoms with Gasteiger partial charge in [-0.2, -0.15) is 4.73 Å². The molecule has 2 aromatic carbocycles. The van der Waals surface area contributed by atoms with Gasteiger partial charge in [0, 0.05) is 0 Å². The van der Waals surface area contributed by atoms with Crippen molar-refractivity contribution >= 4 is 23.0 Å². The number of carbonyl (C=O) groups excluding carboxylic acids is 2. The van der Waals surface area contributed by atoms with Gasteiger partial charge in [-0.15, -0.1) is 0 Å². The second-order valence-electron chi connectivity index (χ2n) is 6.28. The number of carbonyl (C=O) groups is 2. The highest BCUT2D eigenvalue weighted by atomic mass is 16.5. The minimum absolute atomic E-state index is 0.0271. The fourth-order valence-corrected chi connectivity index (χ4v) is 2.98. The van der Waals surface area contributed by atoms with Crippen molar-refractivity contribution in [1.29, 1.82) is 0 Å². The number of rotatable bonds is 8. The third kappa shape index (κ3) is 4.66. The number of para-hydroxylation sites is 1. The molecule has 0 unspecified atom stereocenters. The van der Waals surface area contributed by atoms with Gasteiger partial charge in [-0.1, -0.05) is 12.1 Å². The van der Waals surface area contributed by atoms with E-state index in [2.05, 4.69) is 4.98 Å². The van der Waals surface area contributed by atoms with Crippen LogP contribution in [0.2, 0.25) is 0 Å². The zero-order chi connectivity index (χ0) is 22.4. The van der Waals surface area contributed by atoms with E-state index in [9.17, 15) is 14.8 Å². The van der Waals surface area contributed by atoms with Crippen LogP contribution in [0.25, 0.3) is 11.0 Å². The Labute approximate surface area is 178 Å². The summed E-state index contributed by atoms with van der Waals surface area (Å²) in [5.74, 6) is -0.737. The van der Waals surface area contributed by atoms with Crippen LogP contribution in [0.4, 0.5) is 0 Å². The zero-order valence-electron chi connectivity index (χ0n) is 17.4. The molecule has 9 nitrogen and oxygen atoms in total. The Bertz CT molecular complexity index is 1110. The minimum atomic E-state index is -0.896. The van der Waals surface area contributed by atoms with Crippen molar-refractivity contribution in [2.75, 3.05) is 20.3 Å². The van der Waals surface area contributed by atoms with Crippen LogP contribution in [0.3, 0.4) is 0 Å². The average Bonchev–Trinajstić information content (AvgIpc) is 2.78. The molecule has 0 N–H and O–H groups in total. The summed E-state index contributed by atoms with van der Waals surface area (Å²) in [6.45, 7) is 4.00. The summed E-state index contributed by atoms with van der Waals surface area (Å²) >= 11 is 0. The van der Waals surface area contributed by atoms with Gasteiger partial charge in [-0.3, -0.25) is 0 Å². The smallest absolute Gasteiger partial charge is 0.406 e. The van der Waals surface area contributed by atoms with Crippen LogP contribution in [-0.2, 0) is 16.1 Å². The molecule has 0 spiro atoms. The Morgan fingerprint density at radius 2 is 1.77 bits per heavy atom. The first-order valence-corrected chi connectivity index (χ1v) is 9.66. The molecule has 0 amide bonds. The number of ether oxygens (including phenoxy) is 4. The predicted molar refractivity (Wildman–Crippen MR) is 110 cm³/mol. The number of methoxy groups -OCH3 is 1. The summed E-state index contributed by atoms with van der Waals surface area (Å²) < 4.78 is 21.3. The largest absolute Gasteiger partial charge is 0.618 e. The molecule has 0 atom stereocenters. The van der Waals surface area contributed by atoms with E-state index in [1.807, 2.05) is 6.92 Å². The van der Waals surface area contributed by atoms with Crippen LogP contribution in [0.5, 0.6) is 11.5 Å². The van der Waals surface area contributed by atoms with Gasteiger partial charge in [0.15, 0.2) is 5.69 Å². The lowest BCUT2D eigenvalue weighted by Gasteiger charge is -2.13. The first-order valence-electron chi connectivity index (χ1n) is 9.66. The normalized spacial score (nSPS) is 10.5. The Hall–Kier alpha value is -3.88. The van der Waals surface area contributed by atoms with Crippen LogP contribution in [0, 0.1) is 5.21 Å². The van der Waals surface area contributed by atoms with Crippen molar-refractivity contribution in [3.05, 3.63) is 64.6 Å². The van der Waals surface area contributed by atoms with E-state index in [0.717, 1.165) is 7.11 Å². The lowest BCUT2D eigenvalue weighted by Crippen LogP contribution is -2.38. The first-order chi connectivity index (χ1) is 15.0. The Balaban J connectivity index is 1.96. The maximum Gasteiger partial charge on any atom is 0.406 e. The summed E-state index contributed by atoms with van der Waals surface area (Å²) in [4.78, 5) is 29.2. The molecule has 0 aliphatic rings. The molecule has 162 valence electrons. The number of fused-ring (bicyclic) bond motifs is 1. The number of esters is 2. The molecule has 0 bridgehead atoms. The molecule has 0 fully saturated rings. The van der Waals surface area contributed by atoms with Crippen LogP contribution in [-0.4, -0.2) is 37.2 Å². The predicted octanol–water partition coefficient (Wildman–Crippen LogP) is 2.81. The molecule has 0 radical (unpaired) electrons. The van der Waals surface area contributed by atoms with Crippen LogP contribution in [0.1, 0.15) is 40.4 Å². The first kappa shape index (κ1) is 21.8. The molecule has 0 saturated heterocycles. The van der Waals surface area contributed by atoms with E-state index in [0.29, 0.717) is 35.0 Å². The van der Waals surface area contributed by atoms with E-state index in [1.54, 1.807) is 43.3 Å². The van der Waals surface area contributed by atoms with Gasteiger partial charge in [0.1, 0.15) is 29.2 Å². The zero-order valence-corrected chi connectivity index (χ0v) is 17.4. The van der Waals surface area contributed by atoms with Crippen LogP contribution < -0.4 is 14.2 Å². The van der Waals surface area contributed by atoms with E-state index >= 15 is 0 Å². The van der Waals surface area contributed by atoms with Crippen molar-refractivity contribution in [2.45, 2.75) is 20.5 Å². The monoisotopic (exact) mass is 426 g/mol. The number of hydrogen-bond acceptors (Lipinski definition) is 8. The summed E-state index contributed by atoms with van der Waals surface area (Å²) in [7, 11) is 1.15. The van der Waals surface area contributed by atoms with Crippen LogP contribution in [0.15, 0.2) is 42.5 Å². The molecular formula is C22H22N2O7. The number of hydrogen-bond donors (Lipinski definition) is 0. The topological polar surface area (TPSA) is 111 Å². The summed E-state index contributed by atoms with van der Waals surface area (Å²) in [6.07, 6.45) is 0. The molecule has 9 heteroatoms. The molecule has 0 saturated carbocycles. The van der Waals surface area contributed by atoms with Crippen molar-refractivity contribution in [3.8, 4) is 11.5 Å². The van der Waals surface area contributed by atoms with Crippen molar-refractivity contribution in [1.82, 2.24) is 4.98 Å². The average molecular weight is 426 g/mol. The Kier molecular flexibility index (Phi) is 6.86. The number of aromatic nitrogens is 2. The van der Waals surface area contributed by atoms with E-state index in [1.165, 1.54) is 6.07 Å². The number of nitrogens with zero attached hydrogens (tertiary/aromatic N) is 2. The van der Waals surface area contributed by atoms with Gasteiger partial charge in [0.2, 0.25) is 5.52 Å². The van der Waals surface area contributed by atoms with E-state index in [4.69, 9.17) is 18.9 Å². The van der Waals surface area contributed by atoms with Crippen molar-refractivity contribution in [3.63, 3.8) is 0 Å². The molecule has 3 aromatic rings. The fraction of sp³-hybridized carbons (Fsp3) is 0.273. The molecule has 0 aliphatic heterocycles. The summed E-state index contributed by atoms with van der Waals surface area (Å²) in [6, 6.07) is 11.4. The third-order valence-corrected chi connectivity index (χ3v) is 4.33. The maximum atomic E-state index is 12.9. The molecule has 31 heavy (non-hydrogen) atoms. The van der Waals surface area contributed by atoms with E-state index in [-0.39, 0.29) is 22.5 Å². The molecule has 3 rings (SSSR count). The lowest BCUT2D eigenvalue weighted by molar-refractivity contribution is -0.581. The van der Waals surface area contributed by atoms with E-state index < -0.39 is 18.5 Å². The number of benzene rings is 2. The highest BCUT2D eigenvalue weighted by Crippen LogP contribution is 2.22. The second kappa shape index (κ2) is 9.75. The highest BCUT2D eigenvalue weighted by molar-refractivity contribution is 5.93. The molecular weight excluding hydrogens is 404 g/mol. The van der Waals surface area contributed by atoms with Gasteiger partial charge in [0.05, 0.1) is 26.4 Å². The standard InChI is InChI=1S/C22H22N2O7/c1-4-29-14-10-11-16-18(12-14)24(27)20(22(26)28-3)17(23-16)13-31-21(25)15-8-6-7-9-19(15)30-5-2/h6-12H,4-5,13H2,1-3H3. The second-order valence-corrected chi connectivity index (χ2v) is 6.28. The SMILES string of the molecule is CCOc1ccc2nc(COC(=O)c3ccccc3OCC)c(C(=O)OC)[n+]([O-])c2c1. The molecule has 1 heterocycles. The van der Waals surface area contributed by atoms with Gasteiger partial charge in [-0.25, -0.2) is 14.6 Å². The molecule has 1 aromatic heterocycles. The Morgan fingerprint density at radius 3 is 2.48 bits per heavy atom. The van der Waals surface area contributed by atoms with Gasteiger partial charge >= 0.3 is 17.6 Å². The van der Waals surface area contributed by atoms with Gasteiger partial charge in [-0.05, 0) is 38.1 Å². The maximum absolute atomic E-state index is 12.9. The summed E-state index contributed by atoms with van der Waals surface area (Å²) in [5.41, 5.74) is 0.270.